The first-order chi connectivity index (χ1) is 10.5. The minimum absolute atomic E-state index is 0.0396. The number of carbonyl (C=O) groups excluding carboxylic acids is 1. The first kappa shape index (κ1) is 16.7. The molecule has 1 unspecified atom stereocenters. The van der Waals surface area contributed by atoms with Gasteiger partial charge in [0.05, 0.1) is 17.2 Å². The molecule has 0 aliphatic carbocycles. The third kappa shape index (κ3) is 4.16. The molecule has 1 heterocycles. The molecule has 1 aromatic carbocycles. The van der Waals surface area contributed by atoms with Crippen molar-refractivity contribution in [2.24, 2.45) is 0 Å². The number of aryl methyl sites for hydroxylation is 1. The van der Waals surface area contributed by atoms with Crippen molar-refractivity contribution >= 4 is 32.7 Å². The van der Waals surface area contributed by atoms with Crippen LogP contribution < -0.4 is 10.9 Å². The lowest BCUT2D eigenvalue weighted by molar-refractivity contribution is -0.121. The summed E-state index contributed by atoms with van der Waals surface area (Å²) in [7, 11) is 0. The Bertz CT molecular complexity index is 727. The second-order valence-electron chi connectivity index (χ2n) is 5.41. The van der Waals surface area contributed by atoms with Crippen molar-refractivity contribution in [3.8, 4) is 0 Å². The van der Waals surface area contributed by atoms with Gasteiger partial charge in [-0.15, -0.1) is 0 Å². The van der Waals surface area contributed by atoms with Gasteiger partial charge < -0.3 is 5.32 Å². The van der Waals surface area contributed by atoms with Crippen LogP contribution in [0.25, 0.3) is 10.9 Å². The topological polar surface area (TPSA) is 64.0 Å². The molecule has 1 aromatic heterocycles. The number of rotatable bonds is 6. The van der Waals surface area contributed by atoms with Gasteiger partial charge in [0.2, 0.25) is 5.91 Å². The smallest absolute Gasteiger partial charge is 0.261 e. The van der Waals surface area contributed by atoms with E-state index in [1.54, 1.807) is 12.1 Å². The Kier molecular flexibility index (Phi) is 5.71. The Morgan fingerprint density at radius 1 is 1.45 bits per heavy atom. The van der Waals surface area contributed by atoms with Crippen LogP contribution in [-0.2, 0) is 11.3 Å². The fraction of sp³-hybridized carbons (Fsp3) is 0.438. The Morgan fingerprint density at radius 3 is 2.95 bits per heavy atom. The maximum Gasteiger partial charge on any atom is 0.261 e. The minimum atomic E-state index is -0.124. The molecule has 2 aromatic rings. The van der Waals surface area contributed by atoms with Crippen LogP contribution in [-0.4, -0.2) is 21.5 Å². The van der Waals surface area contributed by atoms with Crippen LogP contribution in [0.1, 0.15) is 33.1 Å². The molecule has 22 heavy (non-hydrogen) atoms. The first-order valence-corrected chi connectivity index (χ1v) is 8.24. The highest BCUT2D eigenvalue weighted by Crippen LogP contribution is 2.14. The van der Waals surface area contributed by atoms with E-state index in [4.69, 9.17) is 0 Å². The largest absolute Gasteiger partial charge is 0.354 e. The van der Waals surface area contributed by atoms with Gasteiger partial charge in [-0.2, -0.15) is 0 Å². The average Bonchev–Trinajstić information content (AvgIpc) is 2.47. The number of fused-ring (bicyclic) bond motifs is 1. The number of hydrogen-bond acceptors (Lipinski definition) is 3. The van der Waals surface area contributed by atoms with E-state index in [-0.39, 0.29) is 23.9 Å². The monoisotopic (exact) mass is 365 g/mol. The second-order valence-corrected chi connectivity index (χ2v) is 6.33. The summed E-state index contributed by atoms with van der Waals surface area (Å²) in [4.78, 5) is 28.5. The molecular weight excluding hydrogens is 346 g/mol. The molecule has 1 amide bonds. The zero-order chi connectivity index (χ0) is 16.1. The predicted molar refractivity (Wildman–Crippen MR) is 90.8 cm³/mol. The number of hydrogen-bond donors (Lipinski definition) is 1. The van der Waals surface area contributed by atoms with Crippen molar-refractivity contribution in [3.05, 3.63) is 39.4 Å². The van der Waals surface area contributed by atoms with Crippen molar-refractivity contribution in [1.29, 1.82) is 0 Å². The Balaban J connectivity index is 2.07. The first-order valence-electron chi connectivity index (χ1n) is 7.45. The average molecular weight is 366 g/mol. The number of halogens is 1. The predicted octanol–water partition coefficient (Wildman–Crippen LogP) is 2.85. The molecule has 0 fully saturated rings. The van der Waals surface area contributed by atoms with E-state index < -0.39 is 0 Å². The van der Waals surface area contributed by atoms with Gasteiger partial charge in [-0.05, 0) is 31.5 Å². The summed E-state index contributed by atoms with van der Waals surface area (Å²) in [6.07, 6.45) is 3.76. The summed E-state index contributed by atoms with van der Waals surface area (Å²) in [6.45, 7) is 4.41. The maximum atomic E-state index is 12.4. The number of aromatic nitrogens is 2. The van der Waals surface area contributed by atoms with Gasteiger partial charge in [0.25, 0.3) is 5.56 Å². The highest BCUT2D eigenvalue weighted by molar-refractivity contribution is 9.10. The molecule has 6 heteroatoms. The Labute approximate surface area is 137 Å². The number of benzene rings is 1. The Morgan fingerprint density at radius 2 is 2.23 bits per heavy atom. The van der Waals surface area contributed by atoms with Crippen LogP contribution in [0.3, 0.4) is 0 Å². The molecule has 1 atom stereocenters. The maximum absolute atomic E-state index is 12.4. The van der Waals surface area contributed by atoms with Crippen LogP contribution in [0.15, 0.2) is 33.8 Å². The lowest BCUT2D eigenvalue weighted by atomic mass is 10.2. The van der Waals surface area contributed by atoms with Gasteiger partial charge in [-0.3, -0.25) is 14.2 Å². The van der Waals surface area contributed by atoms with Gasteiger partial charge in [-0.25, -0.2) is 4.98 Å². The molecule has 0 saturated heterocycles. The summed E-state index contributed by atoms with van der Waals surface area (Å²) in [5, 5.41) is 3.49. The molecule has 118 valence electrons. The lowest BCUT2D eigenvalue weighted by Gasteiger charge is -2.13. The van der Waals surface area contributed by atoms with E-state index in [2.05, 4.69) is 33.2 Å². The molecule has 0 bridgehead atoms. The molecule has 0 radical (unpaired) electrons. The standard InChI is InChI=1S/C16H20BrN3O2/c1-3-4-11(2)19-15(21)7-8-20-10-18-14-6-5-12(17)9-13(14)16(20)22/h5-6,9-11H,3-4,7-8H2,1-2H3,(H,19,21). The zero-order valence-corrected chi connectivity index (χ0v) is 14.4. The van der Waals surface area contributed by atoms with E-state index in [9.17, 15) is 9.59 Å². The molecule has 1 N–H and O–H groups in total. The second kappa shape index (κ2) is 7.54. The van der Waals surface area contributed by atoms with E-state index >= 15 is 0 Å². The van der Waals surface area contributed by atoms with E-state index in [1.165, 1.54) is 10.9 Å². The van der Waals surface area contributed by atoms with Crippen molar-refractivity contribution in [3.63, 3.8) is 0 Å². The van der Waals surface area contributed by atoms with Gasteiger partial charge in [0, 0.05) is 23.5 Å². The lowest BCUT2D eigenvalue weighted by Crippen LogP contribution is -2.33. The van der Waals surface area contributed by atoms with Crippen molar-refractivity contribution < 1.29 is 4.79 Å². The molecule has 5 nitrogen and oxygen atoms in total. The van der Waals surface area contributed by atoms with Crippen molar-refractivity contribution in [2.45, 2.75) is 45.7 Å². The van der Waals surface area contributed by atoms with E-state index in [0.717, 1.165) is 17.3 Å². The van der Waals surface area contributed by atoms with Crippen LogP contribution in [0.4, 0.5) is 0 Å². The van der Waals surface area contributed by atoms with Crippen LogP contribution in [0.5, 0.6) is 0 Å². The third-order valence-corrected chi connectivity index (χ3v) is 3.99. The van der Waals surface area contributed by atoms with Crippen LogP contribution >= 0.6 is 15.9 Å². The number of carbonyl (C=O) groups is 1. The van der Waals surface area contributed by atoms with Crippen molar-refractivity contribution in [2.75, 3.05) is 0 Å². The SMILES string of the molecule is CCCC(C)NC(=O)CCn1cnc2ccc(Br)cc2c1=O. The normalized spacial score (nSPS) is 12.3. The molecule has 2 rings (SSSR count). The molecule has 0 spiro atoms. The number of nitrogens with one attached hydrogen (secondary N) is 1. The summed E-state index contributed by atoms with van der Waals surface area (Å²) < 4.78 is 2.32. The fourth-order valence-corrected chi connectivity index (χ4v) is 2.73. The van der Waals surface area contributed by atoms with Crippen LogP contribution in [0, 0.1) is 0 Å². The molecular formula is C16H20BrN3O2. The molecule has 0 saturated carbocycles. The van der Waals surface area contributed by atoms with Gasteiger partial charge >= 0.3 is 0 Å². The highest BCUT2D eigenvalue weighted by Gasteiger charge is 2.09. The molecule has 0 aliphatic heterocycles. The van der Waals surface area contributed by atoms with Crippen LogP contribution in [0.2, 0.25) is 0 Å². The van der Waals surface area contributed by atoms with E-state index in [1.807, 2.05) is 13.0 Å². The summed E-state index contributed by atoms with van der Waals surface area (Å²) >= 11 is 3.36. The zero-order valence-electron chi connectivity index (χ0n) is 12.8. The minimum Gasteiger partial charge on any atom is -0.354 e. The fourth-order valence-electron chi connectivity index (χ4n) is 2.36. The van der Waals surface area contributed by atoms with Crippen molar-refractivity contribution in [1.82, 2.24) is 14.9 Å². The Hall–Kier alpha value is -1.69. The van der Waals surface area contributed by atoms with Gasteiger partial charge in [0.15, 0.2) is 0 Å². The summed E-state index contributed by atoms with van der Waals surface area (Å²) in [6, 6.07) is 5.57. The van der Waals surface area contributed by atoms with E-state index in [0.29, 0.717) is 17.4 Å². The number of nitrogens with zero attached hydrogens (tertiary/aromatic N) is 2. The summed E-state index contributed by atoms with van der Waals surface area (Å²) in [5.74, 6) is -0.0396. The van der Waals surface area contributed by atoms with Gasteiger partial charge in [-0.1, -0.05) is 29.3 Å². The number of amides is 1. The van der Waals surface area contributed by atoms with Gasteiger partial charge in [0.1, 0.15) is 0 Å². The quantitative estimate of drug-likeness (QED) is 0.855. The highest BCUT2D eigenvalue weighted by atomic mass is 79.9. The third-order valence-electron chi connectivity index (χ3n) is 3.49. The summed E-state index contributed by atoms with van der Waals surface area (Å²) in [5.41, 5.74) is 0.533. The molecule has 0 aliphatic rings.